The molecular formula is C12H20N2O3S. The maximum Gasteiger partial charge on any atom is 0.305 e. The van der Waals surface area contributed by atoms with E-state index in [2.05, 4.69) is 0 Å². The lowest BCUT2D eigenvalue weighted by atomic mass is 9.96. The van der Waals surface area contributed by atoms with Gasteiger partial charge >= 0.3 is 5.97 Å². The van der Waals surface area contributed by atoms with Crippen molar-refractivity contribution in [1.29, 1.82) is 0 Å². The van der Waals surface area contributed by atoms with Crippen LogP contribution in [0.25, 0.3) is 0 Å². The third-order valence-corrected chi connectivity index (χ3v) is 4.91. The molecule has 0 spiro atoms. The van der Waals surface area contributed by atoms with Gasteiger partial charge in [-0.3, -0.25) is 9.59 Å². The number of aliphatic carboxylic acids is 1. The van der Waals surface area contributed by atoms with Gasteiger partial charge < -0.3 is 15.7 Å². The number of thioether (sulfide) groups is 1. The summed E-state index contributed by atoms with van der Waals surface area (Å²) in [5, 5.41) is 8.92. The van der Waals surface area contributed by atoms with Gasteiger partial charge in [0, 0.05) is 18.1 Å². The fraction of sp³-hybridized carbons (Fsp3) is 0.833. The second kappa shape index (κ2) is 5.48. The predicted octanol–water partition coefficient (Wildman–Crippen LogP) is 0.677. The van der Waals surface area contributed by atoms with Crippen LogP contribution in [0.3, 0.4) is 0 Å². The van der Waals surface area contributed by atoms with E-state index in [4.69, 9.17) is 10.8 Å². The summed E-state index contributed by atoms with van der Waals surface area (Å²) in [7, 11) is 0. The maximum atomic E-state index is 12.5. The van der Waals surface area contributed by atoms with E-state index in [0.29, 0.717) is 12.3 Å². The third-order valence-electron chi connectivity index (χ3n) is 3.82. The molecule has 0 radical (unpaired) electrons. The van der Waals surface area contributed by atoms with Crippen molar-refractivity contribution < 1.29 is 14.7 Å². The average Bonchev–Trinajstić information content (AvgIpc) is 2.76. The summed E-state index contributed by atoms with van der Waals surface area (Å²) in [6.45, 7) is 0.625. The fourth-order valence-electron chi connectivity index (χ4n) is 2.80. The van der Waals surface area contributed by atoms with Crippen molar-refractivity contribution in [2.75, 3.05) is 18.1 Å². The van der Waals surface area contributed by atoms with Crippen molar-refractivity contribution in [3.05, 3.63) is 0 Å². The van der Waals surface area contributed by atoms with Gasteiger partial charge in [0.1, 0.15) is 0 Å². The minimum atomic E-state index is -0.849. The Labute approximate surface area is 111 Å². The molecule has 1 unspecified atom stereocenters. The molecule has 0 bridgehead atoms. The largest absolute Gasteiger partial charge is 0.481 e. The maximum absolute atomic E-state index is 12.5. The molecule has 2 rings (SSSR count). The SMILES string of the molecule is NC1(C(=O)N2CCSCC2CC(=O)O)CCCC1. The summed E-state index contributed by atoms with van der Waals surface area (Å²) in [5.41, 5.74) is 5.44. The summed E-state index contributed by atoms with van der Waals surface area (Å²) in [6, 6.07) is -0.199. The number of hydrogen-bond acceptors (Lipinski definition) is 4. The molecule has 1 saturated carbocycles. The van der Waals surface area contributed by atoms with E-state index in [1.54, 1.807) is 16.7 Å². The van der Waals surface area contributed by atoms with E-state index in [1.165, 1.54) is 0 Å². The van der Waals surface area contributed by atoms with Gasteiger partial charge in [-0.05, 0) is 12.8 Å². The van der Waals surface area contributed by atoms with Crippen LogP contribution < -0.4 is 5.73 Å². The van der Waals surface area contributed by atoms with Crippen LogP contribution >= 0.6 is 11.8 Å². The van der Waals surface area contributed by atoms with Crippen LogP contribution in [0.5, 0.6) is 0 Å². The van der Waals surface area contributed by atoms with Crippen LogP contribution in [-0.2, 0) is 9.59 Å². The molecule has 6 heteroatoms. The molecule has 2 fully saturated rings. The van der Waals surface area contributed by atoms with Crippen LogP contribution in [0.2, 0.25) is 0 Å². The minimum absolute atomic E-state index is 0.0226. The molecule has 0 aromatic rings. The number of carbonyl (C=O) groups is 2. The number of rotatable bonds is 3. The van der Waals surface area contributed by atoms with Crippen molar-refractivity contribution in [2.24, 2.45) is 5.73 Å². The highest BCUT2D eigenvalue weighted by molar-refractivity contribution is 7.99. The summed E-state index contributed by atoms with van der Waals surface area (Å²) in [5.74, 6) is 0.691. The van der Waals surface area contributed by atoms with Gasteiger partial charge in [-0.15, -0.1) is 0 Å². The number of nitrogens with zero attached hydrogens (tertiary/aromatic N) is 1. The van der Waals surface area contributed by atoms with E-state index in [9.17, 15) is 9.59 Å². The first-order valence-electron chi connectivity index (χ1n) is 6.42. The minimum Gasteiger partial charge on any atom is -0.481 e. The lowest BCUT2D eigenvalue weighted by molar-refractivity contribution is -0.142. The van der Waals surface area contributed by atoms with Crippen molar-refractivity contribution in [3.8, 4) is 0 Å². The molecule has 1 amide bonds. The molecule has 102 valence electrons. The Bertz CT molecular complexity index is 342. The standard InChI is InChI=1S/C12H20N2O3S/c13-12(3-1-2-4-12)11(17)14-5-6-18-8-9(14)7-10(15)16/h9H,1-8,13H2,(H,15,16). The number of carboxylic acids is 1. The van der Waals surface area contributed by atoms with Crippen LogP contribution in [0.4, 0.5) is 0 Å². The van der Waals surface area contributed by atoms with Crippen LogP contribution in [0.15, 0.2) is 0 Å². The van der Waals surface area contributed by atoms with Crippen LogP contribution in [0, 0.1) is 0 Å². The normalized spacial score (nSPS) is 27.2. The topological polar surface area (TPSA) is 83.6 Å². The molecule has 1 atom stereocenters. The Balaban J connectivity index is 2.08. The van der Waals surface area contributed by atoms with E-state index in [1.807, 2.05) is 0 Å². The van der Waals surface area contributed by atoms with Crippen molar-refractivity contribution >= 4 is 23.6 Å². The molecule has 1 aliphatic heterocycles. The number of carbonyl (C=O) groups excluding carboxylic acids is 1. The zero-order valence-electron chi connectivity index (χ0n) is 10.4. The lowest BCUT2D eigenvalue weighted by Crippen LogP contribution is -2.58. The Kier molecular flexibility index (Phi) is 4.17. The van der Waals surface area contributed by atoms with Crippen molar-refractivity contribution in [2.45, 2.75) is 43.7 Å². The predicted molar refractivity (Wildman–Crippen MR) is 70.5 cm³/mol. The number of carboxylic acid groups (broad SMARTS) is 1. The summed E-state index contributed by atoms with van der Waals surface area (Å²) in [6.07, 6.45) is 3.47. The van der Waals surface area contributed by atoms with Gasteiger partial charge in [0.2, 0.25) is 5.91 Å². The Morgan fingerprint density at radius 2 is 2.06 bits per heavy atom. The molecule has 18 heavy (non-hydrogen) atoms. The zero-order chi connectivity index (χ0) is 13.2. The summed E-state index contributed by atoms with van der Waals surface area (Å²) < 4.78 is 0. The molecular weight excluding hydrogens is 252 g/mol. The molecule has 1 saturated heterocycles. The fourth-order valence-corrected chi connectivity index (χ4v) is 3.86. The first-order valence-corrected chi connectivity index (χ1v) is 7.58. The van der Waals surface area contributed by atoms with Crippen molar-refractivity contribution in [3.63, 3.8) is 0 Å². The average molecular weight is 272 g/mol. The molecule has 1 heterocycles. The van der Waals surface area contributed by atoms with E-state index < -0.39 is 11.5 Å². The lowest BCUT2D eigenvalue weighted by Gasteiger charge is -2.39. The van der Waals surface area contributed by atoms with E-state index >= 15 is 0 Å². The van der Waals surface area contributed by atoms with Crippen LogP contribution in [0.1, 0.15) is 32.1 Å². The van der Waals surface area contributed by atoms with Crippen LogP contribution in [-0.4, -0.2) is 51.5 Å². The van der Waals surface area contributed by atoms with E-state index in [-0.39, 0.29) is 18.4 Å². The summed E-state index contributed by atoms with van der Waals surface area (Å²) >= 11 is 1.71. The third kappa shape index (κ3) is 2.80. The van der Waals surface area contributed by atoms with Gasteiger partial charge in [-0.25, -0.2) is 0 Å². The quantitative estimate of drug-likeness (QED) is 0.789. The molecule has 5 nitrogen and oxygen atoms in total. The molecule has 0 aromatic carbocycles. The zero-order valence-corrected chi connectivity index (χ0v) is 11.2. The molecule has 2 aliphatic rings. The second-order valence-electron chi connectivity index (χ2n) is 5.19. The molecule has 3 N–H and O–H groups in total. The second-order valence-corrected chi connectivity index (χ2v) is 6.34. The highest BCUT2D eigenvalue weighted by Gasteiger charge is 2.42. The Morgan fingerprint density at radius 3 is 2.67 bits per heavy atom. The molecule has 1 aliphatic carbocycles. The number of amides is 1. The van der Waals surface area contributed by atoms with E-state index in [0.717, 1.165) is 31.4 Å². The van der Waals surface area contributed by atoms with Gasteiger partial charge in [0.15, 0.2) is 0 Å². The van der Waals surface area contributed by atoms with Gasteiger partial charge in [-0.1, -0.05) is 12.8 Å². The van der Waals surface area contributed by atoms with Gasteiger partial charge in [0.25, 0.3) is 0 Å². The number of nitrogens with two attached hydrogens (primary N) is 1. The summed E-state index contributed by atoms with van der Waals surface area (Å²) in [4.78, 5) is 25.1. The molecule has 0 aromatic heterocycles. The van der Waals surface area contributed by atoms with Crippen molar-refractivity contribution in [1.82, 2.24) is 4.90 Å². The first kappa shape index (κ1) is 13.7. The Hall–Kier alpha value is -0.750. The smallest absolute Gasteiger partial charge is 0.305 e. The Morgan fingerprint density at radius 1 is 1.39 bits per heavy atom. The van der Waals surface area contributed by atoms with Gasteiger partial charge in [-0.2, -0.15) is 11.8 Å². The highest BCUT2D eigenvalue weighted by atomic mass is 32.2. The monoisotopic (exact) mass is 272 g/mol. The number of hydrogen-bond donors (Lipinski definition) is 2. The highest BCUT2D eigenvalue weighted by Crippen LogP contribution is 2.31. The van der Waals surface area contributed by atoms with Gasteiger partial charge in [0.05, 0.1) is 18.0 Å². The first-order chi connectivity index (χ1) is 8.53.